The van der Waals surface area contributed by atoms with Crippen LogP contribution in [0.5, 0.6) is 0 Å². The van der Waals surface area contributed by atoms with E-state index < -0.39 is 0 Å². The van der Waals surface area contributed by atoms with Gasteiger partial charge < -0.3 is 11.1 Å². The van der Waals surface area contributed by atoms with E-state index in [1.807, 2.05) is 30.3 Å². The fourth-order valence-corrected chi connectivity index (χ4v) is 2.74. The maximum atomic E-state index is 11.8. The summed E-state index contributed by atoms with van der Waals surface area (Å²) in [4.78, 5) is 11.8. The number of nitrogens with two attached hydrogens (primary N) is 1. The van der Waals surface area contributed by atoms with E-state index in [0.29, 0.717) is 12.8 Å². The van der Waals surface area contributed by atoms with Crippen molar-refractivity contribution in [2.24, 2.45) is 5.73 Å². The summed E-state index contributed by atoms with van der Waals surface area (Å²) in [6.45, 7) is 0.755. The number of carbonyl (C=O) groups excluding carboxylic acids is 1. The summed E-state index contributed by atoms with van der Waals surface area (Å²) in [5, 5.41) is 3.00. The zero-order valence-corrected chi connectivity index (χ0v) is 12.7. The molecule has 0 fully saturated rings. The van der Waals surface area contributed by atoms with Crippen molar-refractivity contribution in [3.05, 3.63) is 47.5 Å². The molecule has 0 spiro atoms. The summed E-state index contributed by atoms with van der Waals surface area (Å²) in [6, 6.07) is 9.90. The van der Waals surface area contributed by atoms with Gasteiger partial charge in [-0.25, -0.2) is 0 Å². The summed E-state index contributed by atoms with van der Waals surface area (Å²) in [7, 11) is 0. The van der Waals surface area contributed by atoms with E-state index in [0.717, 1.165) is 18.5 Å². The molecule has 21 heavy (non-hydrogen) atoms. The average Bonchev–Trinajstić information content (AvgIpc) is 2.54. The number of rotatable bonds is 7. The number of hydrogen-bond donors (Lipinski definition) is 2. The van der Waals surface area contributed by atoms with Gasteiger partial charge in [-0.2, -0.15) is 0 Å². The smallest absolute Gasteiger partial charge is 0.220 e. The van der Waals surface area contributed by atoms with Crippen LogP contribution in [-0.4, -0.2) is 12.5 Å². The van der Waals surface area contributed by atoms with Crippen LogP contribution in [0.1, 0.15) is 56.6 Å². The van der Waals surface area contributed by atoms with Gasteiger partial charge in [0, 0.05) is 19.0 Å². The molecule has 0 aromatic heterocycles. The zero-order chi connectivity index (χ0) is 14.9. The lowest BCUT2D eigenvalue weighted by Crippen LogP contribution is -2.26. The van der Waals surface area contributed by atoms with Crippen LogP contribution in [0, 0.1) is 0 Å². The topological polar surface area (TPSA) is 55.1 Å². The predicted molar refractivity (Wildman–Crippen MR) is 86.8 cm³/mol. The first-order valence-electron chi connectivity index (χ1n) is 8.01. The second kappa shape index (κ2) is 8.63. The Kier molecular flexibility index (Phi) is 6.48. The number of carbonyl (C=O) groups is 1. The fraction of sp³-hybridized carbons (Fsp3) is 0.500. The van der Waals surface area contributed by atoms with Crippen LogP contribution in [0.4, 0.5) is 0 Å². The Morgan fingerprint density at radius 3 is 2.76 bits per heavy atom. The number of allylic oxidation sites excluding steroid dienone is 1. The molecule has 1 aromatic carbocycles. The van der Waals surface area contributed by atoms with Gasteiger partial charge in [-0.15, -0.1) is 0 Å². The molecule has 3 N–H and O–H groups in total. The quantitative estimate of drug-likeness (QED) is 0.754. The lowest BCUT2D eigenvalue weighted by atomic mass is 9.97. The van der Waals surface area contributed by atoms with Crippen LogP contribution in [0.3, 0.4) is 0 Å². The highest BCUT2D eigenvalue weighted by Gasteiger charge is 2.09. The first-order chi connectivity index (χ1) is 10.3. The van der Waals surface area contributed by atoms with Crippen molar-refractivity contribution in [3.8, 4) is 0 Å². The fourth-order valence-electron chi connectivity index (χ4n) is 2.74. The van der Waals surface area contributed by atoms with E-state index in [9.17, 15) is 4.79 Å². The molecule has 1 amide bonds. The van der Waals surface area contributed by atoms with Gasteiger partial charge in [0.05, 0.1) is 0 Å². The molecule has 3 nitrogen and oxygen atoms in total. The van der Waals surface area contributed by atoms with Crippen LogP contribution in [0.2, 0.25) is 0 Å². The molecule has 3 heteroatoms. The Hall–Kier alpha value is -1.61. The van der Waals surface area contributed by atoms with Crippen molar-refractivity contribution >= 4 is 5.91 Å². The largest absolute Gasteiger partial charge is 0.356 e. The normalized spacial score (nSPS) is 16.1. The molecule has 1 aromatic rings. The van der Waals surface area contributed by atoms with Crippen molar-refractivity contribution in [1.29, 1.82) is 0 Å². The predicted octanol–water partition coefficient (Wildman–Crippen LogP) is 3.47. The zero-order valence-electron chi connectivity index (χ0n) is 12.7. The van der Waals surface area contributed by atoms with Gasteiger partial charge in [0.2, 0.25) is 5.91 Å². The van der Waals surface area contributed by atoms with Crippen molar-refractivity contribution in [2.75, 3.05) is 6.54 Å². The Bertz CT molecular complexity index is 467. The van der Waals surface area contributed by atoms with Gasteiger partial charge in [-0.05, 0) is 44.1 Å². The molecule has 0 aliphatic heterocycles. The van der Waals surface area contributed by atoms with Crippen LogP contribution in [0.25, 0.3) is 0 Å². The number of benzene rings is 1. The van der Waals surface area contributed by atoms with Crippen molar-refractivity contribution in [3.63, 3.8) is 0 Å². The van der Waals surface area contributed by atoms with Gasteiger partial charge in [0.25, 0.3) is 0 Å². The van der Waals surface area contributed by atoms with Gasteiger partial charge in [0.1, 0.15) is 0 Å². The third-order valence-corrected chi connectivity index (χ3v) is 4.06. The van der Waals surface area contributed by atoms with Gasteiger partial charge >= 0.3 is 0 Å². The molecule has 114 valence electrons. The molecule has 0 saturated carbocycles. The van der Waals surface area contributed by atoms with E-state index in [-0.39, 0.29) is 11.9 Å². The van der Waals surface area contributed by atoms with Crippen LogP contribution in [0.15, 0.2) is 42.0 Å². The average molecular weight is 286 g/mol. The van der Waals surface area contributed by atoms with E-state index in [4.69, 9.17) is 5.73 Å². The molecule has 1 atom stereocenters. The van der Waals surface area contributed by atoms with Crippen molar-refractivity contribution in [1.82, 2.24) is 5.32 Å². The maximum Gasteiger partial charge on any atom is 0.220 e. The molecule has 0 bridgehead atoms. The van der Waals surface area contributed by atoms with Gasteiger partial charge in [-0.1, -0.05) is 42.0 Å². The summed E-state index contributed by atoms with van der Waals surface area (Å²) >= 11 is 0. The molecule has 0 saturated heterocycles. The molecule has 0 heterocycles. The Morgan fingerprint density at radius 2 is 2.05 bits per heavy atom. The summed E-state index contributed by atoms with van der Waals surface area (Å²) in [6.07, 6.45) is 9.54. The van der Waals surface area contributed by atoms with Gasteiger partial charge in [-0.3, -0.25) is 4.79 Å². The number of hydrogen-bond acceptors (Lipinski definition) is 2. The first kappa shape index (κ1) is 15.8. The molecule has 1 unspecified atom stereocenters. The molecule has 2 rings (SSSR count). The van der Waals surface area contributed by atoms with E-state index >= 15 is 0 Å². The Labute approximate surface area is 127 Å². The second-order valence-corrected chi connectivity index (χ2v) is 5.76. The Balaban J connectivity index is 1.62. The number of nitrogens with one attached hydrogen (secondary N) is 1. The van der Waals surface area contributed by atoms with E-state index in [1.165, 1.54) is 31.3 Å². The standard InChI is InChI=1S/C18H26N2O/c19-17(16-9-5-2-6-10-16)11-12-18(21)20-14-13-15-7-3-1-4-8-15/h2,5-7,9-10,17H,1,3-4,8,11-14,19H2,(H,20,21). The highest BCUT2D eigenvalue weighted by atomic mass is 16.1. The Morgan fingerprint density at radius 1 is 1.24 bits per heavy atom. The summed E-state index contributed by atoms with van der Waals surface area (Å²) < 4.78 is 0. The minimum Gasteiger partial charge on any atom is -0.356 e. The lowest BCUT2D eigenvalue weighted by molar-refractivity contribution is -0.121. The van der Waals surface area contributed by atoms with Crippen LogP contribution >= 0.6 is 0 Å². The summed E-state index contributed by atoms with van der Waals surface area (Å²) in [5.41, 5.74) is 8.70. The second-order valence-electron chi connectivity index (χ2n) is 5.76. The highest BCUT2D eigenvalue weighted by molar-refractivity contribution is 5.75. The third kappa shape index (κ3) is 5.72. The van der Waals surface area contributed by atoms with Crippen molar-refractivity contribution < 1.29 is 4.79 Å². The van der Waals surface area contributed by atoms with Crippen LogP contribution < -0.4 is 11.1 Å². The molecular weight excluding hydrogens is 260 g/mol. The highest BCUT2D eigenvalue weighted by Crippen LogP contribution is 2.19. The number of amides is 1. The van der Waals surface area contributed by atoms with Crippen LogP contribution in [-0.2, 0) is 4.79 Å². The van der Waals surface area contributed by atoms with Crippen molar-refractivity contribution in [2.45, 2.75) is 51.0 Å². The first-order valence-corrected chi connectivity index (χ1v) is 8.01. The summed E-state index contributed by atoms with van der Waals surface area (Å²) in [5.74, 6) is 0.109. The minimum absolute atomic E-state index is 0.0574. The van der Waals surface area contributed by atoms with E-state index in [1.54, 1.807) is 0 Å². The minimum atomic E-state index is -0.0574. The SMILES string of the molecule is NC(CCC(=O)NCCC1=CCCCC1)c1ccccc1. The molecular formula is C18H26N2O. The maximum absolute atomic E-state index is 11.8. The van der Waals surface area contributed by atoms with Gasteiger partial charge in [0.15, 0.2) is 0 Å². The lowest BCUT2D eigenvalue weighted by Gasteiger charge is -2.14. The monoisotopic (exact) mass is 286 g/mol. The molecule has 1 aliphatic carbocycles. The third-order valence-electron chi connectivity index (χ3n) is 4.06. The van der Waals surface area contributed by atoms with E-state index in [2.05, 4.69) is 11.4 Å². The molecule has 0 radical (unpaired) electrons. The molecule has 1 aliphatic rings.